The maximum Gasteiger partial charge on any atom is 0.308 e. The number of ether oxygens (including phenoxy) is 2. The number of hydrogen-bond acceptors (Lipinski definition) is 5. The van der Waals surface area contributed by atoms with Crippen LogP contribution in [0.1, 0.15) is 38.7 Å². The van der Waals surface area contributed by atoms with Crippen molar-refractivity contribution in [2.45, 2.75) is 51.9 Å². The van der Waals surface area contributed by atoms with Gasteiger partial charge in [-0.2, -0.15) is 0 Å². The number of rotatable bonds is 12. The van der Waals surface area contributed by atoms with Crippen molar-refractivity contribution in [3.63, 3.8) is 0 Å². The lowest BCUT2D eigenvalue weighted by Crippen LogP contribution is -2.29. The highest BCUT2D eigenvalue weighted by Crippen LogP contribution is 2.23. The summed E-state index contributed by atoms with van der Waals surface area (Å²) in [6, 6.07) is 10.0. The topological polar surface area (TPSA) is 44.8 Å². The van der Waals surface area contributed by atoms with Crippen LogP contribution >= 0.6 is 11.9 Å². The summed E-state index contributed by atoms with van der Waals surface area (Å²) in [6.07, 6.45) is 1.33. The fraction of sp³-hybridized carbons (Fsp3) is 0.588. The van der Waals surface area contributed by atoms with E-state index in [1.807, 2.05) is 30.3 Å². The summed E-state index contributed by atoms with van der Waals surface area (Å²) in [5.41, 5.74) is 1.12. The first-order valence-electron chi connectivity index (χ1n) is 8.42. The third kappa shape index (κ3) is 7.91. The first kappa shape index (κ1) is 18.4. The SMILES string of the molecule is [3H][B]SO[C@H](CC(=O)OC)C[C@H](OCc1ccccc1)[C@@H](C)CC. The largest absolute Gasteiger partial charge is 0.469 e. The van der Waals surface area contributed by atoms with Crippen LogP contribution < -0.4 is 0 Å². The van der Waals surface area contributed by atoms with Gasteiger partial charge in [0.05, 0.1) is 32.3 Å². The van der Waals surface area contributed by atoms with E-state index in [1.54, 1.807) is 0 Å². The Hall–Kier alpha value is -0.975. The van der Waals surface area contributed by atoms with E-state index in [0.717, 1.165) is 31.0 Å². The summed E-state index contributed by atoms with van der Waals surface area (Å²) in [6.45, 7) is 4.78. The highest BCUT2D eigenvalue weighted by atomic mass is 32.2. The van der Waals surface area contributed by atoms with E-state index in [4.69, 9.17) is 15.0 Å². The summed E-state index contributed by atoms with van der Waals surface area (Å²) in [5, 5.41) is 0. The molecule has 0 heterocycles. The predicted octanol–water partition coefficient (Wildman–Crippen LogP) is 3.42. The van der Waals surface area contributed by atoms with E-state index in [1.165, 1.54) is 7.11 Å². The van der Waals surface area contributed by atoms with Crippen LogP contribution in [-0.2, 0) is 25.1 Å². The predicted molar refractivity (Wildman–Crippen MR) is 95.3 cm³/mol. The molecule has 0 spiro atoms. The number of benzene rings is 1. The summed E-state index contributed by atoms with van der Waals surface area (Å²) in [5.74, 6) is 0.0129. The van der Waals surface area contributed by atoms with Crippen molar-refractivity contribution >= 4 is 25.0 Å². The molecule has 4 nitrogen and oxygen atoms in total. The van der Waals surface area contributed by atoms with Crippen molar-refractivity contribution in [1.29, 1.82) is 1.34 Å². The molecule has 0 amide bonds. The van der Waals surface area contributed by atoms with Gasteiger partial charge in [-0.3, -0.25) is 4.79 Å². The second-order valence-electron chi connectivity index (χ2n) is 5.55. The number of methoxy groups -OCH3 is 1. The number of carbonyl (C=O) groups excluding carboxylic acids is 1. The van der Waals surface area contributed by atoms with Gasteiger partial charge in [0.15, 0.2) is 0 Å². The molecular formula is C17H26BO4S. The molecule has 0 fully saturated rings. The summed E-state index contributed by atoms with van der Waals surface area (Å²) >= 11 is 0.923. The molecule has 0 N–H and O–H groups in total. The van der Waals surface area contributed by atoms with Gasteiger partial charge < -0.3 is 13.7 Å². The van der Waals surface area contributed by atoms with E-state index >= 15 is 0 Å². The lowest BCUT2D eigenvalue weighted by molar-refractivity contribution is -0.142. The molecule has 0 bridgehead atoms. The normalized spacial score (nSPS) is 15.3. The molecule has 0 aliphatic heterocycles. The van der Waals surface area contributed by atoms with E-state index in [0.29, 0.717) is 18.9 Å². The summed E-state index contributed by atoms with van der Waals surface area (Å²) in [7, 11) is 2.47. The molecule has 1 radical (unpaired) electrons. The molecule has 3 atom stereocenters. The van der Waals surface area contributed by atoms with Gasteiger partial charge in [-0.1, -0.05) is 62.5 Å². The van der Waals surface area contributed by atoms with Crippen LogP contribution in [-0.4, -0.2) is 33.7 Å². The minimum atomic E-state index is -0.348. The van der Waals surface area contributed by atoms with Crippen LogP contribution in [0.2, 0.25) is 0 Å². The number of hydrogen-bond donors (Lipinski definition) is 0. The van der Waals surface area contributed by atoms with Crippen LogP contribution in [0.15, 0.2) is 30.3 Å². The Balaban J connectivity index is 2.67. The molecule has 0 aliphatic carbocycles. The van der Waals surface area contributed by atoms with Gasteiger partial charge in [-0.25, -0.2) is 0 Å². The van der Waals surface area contributed by atoms with Crippen molar-refractivity contribution < 1.29 is 18.5 Å². The standard InChI is InChI=1S/C17H26BO4S/c1-4-13(2)16(21-12-14-8-6-5-7-9-14)10-15(22-23-18)11-17(19)20-3/h5-9,13,15-16,18H,4,10-12H2,1-3H3/t13-,15-,16-/m0/s1/i18T. The Labute approximate surface area is 146 Å². The molecule has 1 aromatic rings. The average molecular weight is 339 g/mol. The minimum absolute atomic E-state index is 0.0313. The van der Waals surface area contributed by atoms with Crippen molar-refractivity contribution in [2.24, 2.45) is 5.92 Å². The van der Waals surface area contributed by atoms with Crippen LogP contribution in [0.3, 0.4) is 0 Å². The van der Waals surface area contributed by atoms with E-state index < -0.39 is 0 Å². The lowest BCUT2D eigenvalue weighted by Gasteiger charge is -2.27. The second-order valence-corrected chi connectivity index (χ2v) is 5.94. The first-order valence-corrected chi connectivity index (χ1v) is 8.65. The maximum atomic E-state index is 11.6. The zero-order valence-electron chi connectivity index (χ0n) is 15.1. The molecule has 0 aliphatic rings. The van der Waals surface area contributed by atoms with Crippen LogP contribution in [0.5, 0.6) is 0 Å². The molecule has 23 heavy (non-hydrogen) atoms. The smallest absolute Gasteiger partial charge is 0.308 e. The van der Waals surface area contributed by atoms with Crippen molar-refractivity contribution in [2.75, 3.05) is 7.11 Å². The Morgan fingerprint density at radius 1 is 1.39 bits per heavy atom. The monoisotopic (exact) mass is 339 g/mol. The molecule has 127 valence electrons. The van der Waals surface area contributed by atoms with Gasteiger partial charge in [0.1, 0.15) is 0 Å². The highest BCUT2D eigenvalue weighted by molar-refractivity contribution is 8.15. The summed E-state index contributed by atoms with van der Waals surface area (Å²) in [4.78, 5) is 11.6. The Morgan fingerprint density at radius 2 is 2.13 bits per heavy atom. The highest BCUT2D eigenvalue weighted by Gasteiger charge is 2.24. The molecule has 6 heteroatoms. The van der Waals surface area contributed by atoms with Gasteiger partial charge >= 0.3 is 5.97 Å². The van der Waals surface area contributed by atoms with Gasteiger partial charge in [-0.05, 0) is 12.8 Å². The third-order valence-corrected chi connectivity index (χ3v) is 4.28. The van der Waals surface area contributed by atoms with Gasteiger partial charge in [0.2, 0.25) is 7.09 Å². The van der Waals surface area contributed by atoms with E-state index in [2.05, 4.69) is 13.8 Å². The molecular weight excluding hydrogens is 311 g/mol. The van der Waals surface area contributed by atoms with Crippen LogP contribution in [0.4, 0.5) is 0 Å². The average Bonchev–Trinajstić information content (AvgIpc) is 2.62. The second kappa shape index (κ2) is 11.5. The molecule has 0 saturated carbocycles. The van der Waals surface area contributed by atoms with Gasteiger partial charge in [0, 0.05) is 6.42 Å². The Bertz CT molecular complexity index is 463. The van der Waals surface area contributed by atoms with Crippen LogP contribution in [0, 0.1) is 5.92 Å². The Kier molecular flexibility index (Phi) is 9.22. The Morgan fingerprint density at radius 3 is 2.74 bits per heavy atom. The lowest BCUT2D eigenvalue weighted by atomic mass is 9.95. The number of esters is 1. The van der Waals surface area contributed by atoms with Gasteiger partial charge in [0.25, 0.3) is 0 Å². The quantitative estimate of drug-likeness (QED) is 0.332. The molecule has 0 unspecified atom stereocenters. The van der Waals surface area contributed by atoms with Crippen molar-refractivity contribution in [3.8, 4) is 0 Å². The minimum Gasteiger partial charge on any atom is -0.469 e. The number of carbonyl (C=O) groups is 1. The molecule has 0 aromatic heterocycles. The van der Waals surface area contributed by atoms with Crippen LogP contribution in [0.25, 0.3) is 0 Å². The molecule has 1 aromatic carbocycles. The first-order chi connectivity index (χ1) is 11.6. The van der Waals surface area contributed by atoms with Crippen molar-refractivity contribution in [1.82, 2.24) is 0 Å². The molecule has 0 saturated heterocycles. The summed E-state index contributed by atoms with van der Waals surface area (Å²) < 4.78 is 23.5. The van der Waals surface area contributed by atoms with Crippen molar-refractivity contribution in [3.05, 3.63) is 35.9 Å². The van der Waals surface area contributed by atoms with Gasteiger partial charge in [-0.15, -0.1) is 0 Å². The van der Waals surface area contributed by atoms with E-state index in [-0.39, 0.29) is 24.6 Å². The zero-order valence-corrected chi connectivity index (χ0v) is 14.9. The fourth-order valence-corrected chi connectivity index (χ4v) is 2.57. The molecule has 1 rings (SSSR count). The fourth-order valence-electron chi connectivity index (χ4n) is 2.27. The third-order valence-electron chi connectivity index (χ3n) is 3.89. The maximum absolute atomic E-state index is 11.6. The van der Waals surface area contributed by atoms with E-state index in [9.17, 15) is 4.79 Å². The zero-order chi connectivity index (χ0) is 17.8.